The maximum atomic E-state index is 11.6. The predicted molar refractivity (Wildman–Crippen MR) is 57.4 cm³/mol. The largest absolute Gasteiger partial charge is 0.480 e. The van der Waals surface area contributed by atoms with E-state index in [-0.39, 0.29) is 13.1 Å². The Kier molecular flexibility index (Phi) is 4.45. The van der Waals surface area contributed by atoms with Crippen molar-refractivity contribution in [2.45, 2.75) is 24.7 Å². The lowest BCUT2D eigenvalue weighted by molar-refractivity contribution is -0.140. The molecule has 3 amide bonds. The number of urea groups is 1. The number of hydrogen-bond acceptors (Lipinski definition) is 5. The number of likely N-dealkylation sites (tertiary alicyclic amines) is 1. The third-order valence-electron chi connectivity index (χ3n) is 2.55. The van der Waals surface area contributed by atoms with Crippen LogP contribution in [-0.4, -0.2) is 69.5 Å². The molecule has 1 rings (SSSR count). The van der Waals surface area contributed by atoms with E-state index >= 15 is 0 Å². The number of carbonyl (C=O) groups is 3. The summed E-state index contributed by atoms with van der Waals surface area (Å²) >= 11 is 0. The Morgan fingerprint density at radius 1 is 1.28 bits per heavy atom. The summed E-state index contributed by atoms with van der Waals surface area (Å²) in [5.41, 5.74) is 4.86. The highest BCUT2D eigenvalue weighted by Crippen LogP contribution is 2.10. The number of hydrogen-bond donors (Lipinski definition) is 5. The Labute approximate surface area is 102 Å². The van der Waals surface area contributed by atoms with E-state index in [4.69, 9.17) is 10.8 Å². The van der Waals surface area contributed by atoms with Crippen LogP contribution in [0.3, 0.4) is 0 Å². The van der Waals surface area contributed by atoms with Gasteiger partial charge in [-0.05, 0) is 0 Å². The Bertz CT molecular complexity index is 350. The van der Waals surface area contributed by atoms with E-state index in [1.54, 1.807) is 0 Å². The molecule has 0 aliphatic carbocycles. The summed E-state index contributed by atoms with van der Waals surface area (Å²) in [6.45, 7) is -0.203. The third kappa shape index (κ3) is 3.57. The van der Waals surface area contributed by atoms with Crippen LogP contribution >= 0.6 is 0 Å². The highest BCUT2D eigenvalue weighted by molar-refractivity contribution is 5.87. The first kappa shape index (κ1) is 14.2. The zero-order valence-electron chi connectivity index (χ0n) is 9.44. The third-order valence-corrected chi connectivity index (χ3v) is 2.55. The molecule has 0 radical (unpaired) electrons. The SMILES string of the molecule is NC(=O)C[C@H](NC(=O)N1CC(O)C(O)C1)C(=O)O. The van der Waals surface area contributed by atoms with E-state index in [0.29, 0.717) is 0 Å². The first-order valence-electron chi connectivity index (χ1n) is 5.24. The van der Waals surface area contributed by atoms with Crippen LogP contribution < -0.4 is 11.1 Å². The summed E-state index contributed by atoms with van der Waals surface area (Å²) in [6, 6.07) is -2.20. The maximum absolute atomic E-state index is 11.6. The summed E-state index contributed by atoms with van der Waals surface area (Å²) in [7, 11) is 0. The molecule has 0 aromatic rings. The Morgan fingerprint density at radius 3 is 2.17 bits per heavy atom. The Morgan fingerprint density at radius 2 is 1.78 bits per heavy atom. The van der Waals surface area contributed by atoms with Crippen LogP contribution in [0.1, 0.15) is 6.42 Å². The number of amides is 3. The number of carboxylic acids is 1. The quantitative estimate of drug-likeness (QED) is 0.365. The van der Waals surface area contributed by atoms with Gasteiger partial charge in [-0.1, -0.05) is 0 Å². The molecule has 0 bridgehead atoms. The smallest absolute Gasteiger partial charge is 0.326 e. The van der Waals surface area contributed by atoms with Gasteiger partial charge in [-0.2, -0.15) is 0 Å². The van der Waals surface area contributed by atoms with Crippen LogP contribution in [0.25, 0.3) is 0 Å². The monoisotopic (exact) mass is 261 g/mol. The van der Waals surface area contributed by atoms with Crippen LogP contribution in [0.15, 0.2) is 0 Å². The van der Waals surface area contributed by atoms with Gasteiger partial charge in [0.05, 0.1) is 31.7 Å². The van der Waals surface area contributed by atoms with Gasteiger partial charge in [0.1, 0.15) is 6.04 Å². The lowest BCUT2D eigenvalue weighted by Crippen LogP contribution is -2.49. The van der Waals surface area contributed by atoms with Gasteiger partial charge in [0.2, 0.25) is 5.91 Å². The average molecular weight is 261 g/mol. The average Bonchev–Trinajstić information content (AvgIpc) is 2.57. The minimum atomic E-state index is -1.43. The number of nitrogens with zero attached hydrogens (tertiary/aromatic N) is 1. The first-order valence-corrected chi connectivity index (χ1v) is 5.24. The molecule has 1 fully saturated rings. The summed E-state index contributed by atoms with van der Waals surface area (Å²) in [6.07, 6.45) is -2.65. The number of nitrogens with two attached hydrogens (primary N) is 1. The molecule has 1 aliphatic heterocycles. The lowest BCUT2D eigenvalue weighted by atomic mass is 10.2. The van der Waals surface area contributed by atoms with Crippen molar-refractivity contribution in [3.8, 4) is 0 Å². The molecule has 9 heteroatoms. The summed E-state index contributed by atoms with van der Waals surface area (Å²) in [5.74, 6) is -2.24. The van der Waals surface area contributed by atoms with Gasteiger partial charge < -0.3 is 31.3 Å². The zero-order valence-corrected chi connectivity index (χ0v) is 9.44. The predicted octanol–water partition coefficient (Wildman–Crippen LogP) is -2.94. The fourth-order valence-electron chi connectivity index (χ4n) is 1.58. The second-order valence-electron chi connectivity index (χ2n) is 4.05. The van der Waals surface area contributed by atoms with E-state index in [1.807, 2.05) is 0 Å². The number of carbonyl (C=O) groups excluding carboxylic acids is 2. The molecule has 3 atom stereocenters. The second kappa shape index (κ2) is 5.65. The van der Waals surface area contributed by atoms with Crippen LogP contribution in [0.4, 0.5) is 4.79 Å². The molecule has 0 saturated carbocycles. The van der Waals surface area contributed by atoms with E-state index in [2.05, 4.69) is 5.32 Å². The molecule has 0 aromatic carbocycles. The van der Waals surface area contributed by atoms with Crippen molar-refractivity contribution in [3.05, 3.63) is 0 Å². The summed E-state index contributed by atoms with van der Waals surface area (Å²) in [4.78, 5) is 34.1. The number of rotatable bonds is 4. The van der Waals surface area contributed by atoms with Crippen molar-refractivity contribution in [2.75, 3.05) is 13.1 Å². The van der Waals surface area contributed by atoms with E-state index in [0.717, 1.165) is 4.90 Å². The van der Waals surface area contributed by atoms with Gasteiger partial charge in [-0.15, -0.1) is 0 Å². The van der Waals surface area contributed by atoms with Crippen LogP contribution in [0.5, 0.6) is 0 Å². The number of aliphatic hydroxyl groups excluding tert-OH is 2. The Hall–Kier alpha value is -1.87. The van der Waals surface area contributed by atoms with E-state index < -0.39 is 42.6 Å². The molecule has 0 aromatic heterocycles. The molecular formula is C9H15N3O6. The molecule has 1 saturated heterocycles. The van der Waals surface area contributed by atoms with Crippen LogP contribution in [0.2, 0.25) is 0 Å². The van der Waals surface area contributed by atoms with Crippen molar-refractivity contribution in [2.24, 2.45) is 5.73 Å². The van der Waals surface area contributed by atoms with Gasteiger partial charge in [0.15, 0.2) is 0 Å². The number of nitrogens with one attached hydrogen (secondary N) is 1. The molecule has 1 heterocycles. The highest BCUT2D eigenvalue weighted by atomic mass is 16.4. The van der Waals surface area contributed by atoms with Crippen molar-refractivity contribution < 1.29 is 29.7 Å². The van der Waals surface area contributed by atoms with Crippen LogP contribution in [-0.2, 0) is 9.59 Å². The number of aliphatic carboxylic acids is 1. The van der Waals surface area contributed by atoms with Crippen molar-refractivity contribution in [1.82, 2.24) is 10.2 Å². The molecule has 6 N–H and O–H groups in total. The normalized spacial score (nSPS) is 24.7. The first-order chi connectivity index (χ1) is 8.31. The maximum Gasteiger partial charge on any atom is 0.326 e. The number of carboxylic acid groups (broad SMARTS) is 1. The fraction of sp³-hybridized carbons (Fsp3) is 0.667. The molecule has 1 aliphatic rings. The molecule has 18 heavy (non-hydrogen) atoms. The molecule has 2 unspecified atom stereocenters. The van der Waals surface area contributed by atoms with Gasteiger partial charge in [0.25, 0.3) is 0 Å². The topological polar surface area (TPSA) is 153 Å². The Balaban J connectivity index is 2.57. The van der Waals surface area contributed by atoms with Crippen LogP contribution in [0, 0.1) is 0 Å². The number of primary amides is 1. The fourth-order valence-corrected chi connectivity index (χ4v) is 1.58. The molecule has 102 valence electrons. The highest BCUT2D eigenvalue weighted by Gasteiger charge is 2.34. The van der Waals surface area contributed by atoms with E-state index in [9.17, 15) is 24.6 Å². The lowest BCUT2D eigenvalue weighted by Gasteiger charge is -2.19. The minimum absolute atomic E-state index is 0.101. The van der Waals surface area contributed by atoms with Crippen molar-refractivity contribution in [3.63, 3.8) is 0 Å². The molecule has 9 nitrogen and oxygen atoms in total. The summed E-state index contributed by atoms with van der Waals surface area (Å²) < 4.78 is 0. The van der Waals surface area contributed by atoms with Gasteiger partial charge in [-0.3, -0.25) is 4.79 Å². The van der Waals surface area contributed by atoms with Gasteiger partial charge >= 0.3 is 12.0 Å². The second-order valence-corrected chi connectivity index (χ2v) is 4.05. The molecule has 0 spiro atoms. The van der Waals surface area contributed by atoms with Crippen molar-refractivity contribution in [1.29, 1.82) is 0 Å². The number of β-amino-alcohol motifs (C(OH)–C–C–N with tert-alkyl or cyclic N) is 2. The number of aliphatic hydroxyl groups is 2. The summed E-state index contributed by atoms with van der Waals surface area (Å²) in [5, 5.41) is 29.4. The van der Waals surface area contributed by atoms with Crippen molar-refractivity contribution >= 4 is 17.9 Å². The van der Waals surface area contributed by atoms with Gasteiger partial charge in [0, 0.05) is 0 Å². The minimum Gasteiger partial charge on any atom is -0.480 e. The van der Waals surface area contributed by atoms with E-state index in [1.165, 1.54) is 0 Å². The van der Waals surface area contributed by atoms with Gasteiger partial charge in [-0.25, -0.2) is 9.59 Å². The molecular weight excluding hydrogens is 246 g/mol. The zero-order chi connectivity index (χ0) is 13.9. The standard InChI is InChI=1S/C9H15N3O6/c10-7(15)1-4(8(16)17)11-9(18)12-2-5(13)6(14)3-12/h4-6,13-14H,1-3H2,(H2,10,15)(H,11,18)(H,16,17)/t4-,5?,6?/m0/s1.